The molecular formula is C15H21N3O. The zero-order valence-corrected chi connectivity index (χ0v) is 11.8. The van der Waals surface area contributed by atoms with Crippen LogP contribution in [0.5, 0.6) is 5.75 Å². The molecule has 1 aromatic heterocycles. The highest BCUT2D eigenvalue weighted by Crippen LogP contribution is 2.18. The lowest BCUT2D eigenvalue weighted by Crippen LogP contribution is -2.23. The molecule has 0 amide bonds. The molecule has 0 saturated carbocycles. The van der Waals surface area contributed by atoms with Gasteiger partial charge in [0.15, 0.2) is 0 Å². The van der Waals surface area contributed by atoms with Gasteiger partial charge in [0.2, 0.25) is 0 Å². The summed E-state index contributed by atoms with van der Waals surface area (Å²) in [4.78, 5) is 0. The van der Waals surface area contributed by atoms with Gasteiger partial charge in [-0.25, -0.2) is 0 Å². The third-order valence-electron chi connectivity index (χ3n) is 3.01. The zero-order chi connectivity index (χ0) is 13.7. The Kier molecular flexibility index (Phi) is 4.58. The summed E-state index contributed by atoms with van der Waals surface area (Å²) in [5.41, 5.74) is 2.32. The summed E-state index contributed by atoms with van der Waals surface area (Å²) in [6.45, 7) is 5.83. The van der Waals surface area contributed by atoms with Gasteiger partial charge in [0.1, 0.15) is 5.75 Å². The molecule has 2 rings (SSSR count). The average molecular weight is 259 g/mol. The SMILES string of the molecule is COc1ccccc1Cn1nccc1CNC(C)C. The molecule has 0 aliphatic rings. The Hall–Kier alpha value is -1.81. The molecule has 0 saturated heterocycles. The Balaban J connectivity index is 2.12. The van der Waals surface area contributed by atoms with Crippen molar-refractivity contribution in [3.8, 4) is 5.75 Å². The quantitative estimate of drug-likeness (QED) is 0.866. The van der Waals surface area contributed by atoms with Gasteiger partial charge in [0.25, 0.3) is 0 Å². The molecule has 19 heavy (non-hydrogen) atoms. The van der Waals surface area contributed by atoms with Crippen molar-refractivity contribution in [1.29, 1.82) is 0 Å². The van der Waals surface area contributed by atoms with Gasteiger partial charge in [0.05, 0.1) is 19.3 Å². The number of nitrogens with zero attached hydrogens (tertiary/aromatic N) is 2. The van der Waals surface area contributed by atoms with Crippen LogP contribution in [0.1, 0.15) is 25.1 Å². The summed E-state index contributed by atoms with van der Waals surface area (Å²) in [5.74, 6) is 0.903. The summed E-state index contributed by atoms with van der Waals surface area (Å²) in [5, 5.41) is 7.80. The van der Waals surface area contributed by atoms with Crippen LogP contribution in [0.4, 0.5) is 0 Å². The van der Waals surface area contributed by atoms with Crippen LogP contribution < -0.4 is 10.1 Å². The maximum Gasteiger partial charge on any atom is 0.123 e. The van der Waals surface area contributed by atoms with Gasteiger partial charge in [-0.3, -0.25) is 4.68 Å². The van der Waals surface area contributed by atoms with Crippen molar-refractivity contribution in [2.75, 3.05) is 7.11 Å². The van der Waals surface area contributed by atoms with Crippen LogP contribution >= 0.6 is 0 Å². The first kappa shape index (κ1) is 13.6. The fourth-order valence-corrected chi connectivity index (χ4v) is 1.96. The predicted octanol–water partition coefficient (Wildman–Crippen LogP) is 2.44. The van der Waals surface area contributed by atoms with E-state index in [1.54, 1.807) is 7.11 Å². The first-order valence-corrected chi connectivity index (χ1v) is 6.56. The lowest BCUT2D eigenvalue weighted by Gasteiger charge is -2.12. The van der Waals surface area contributed by atoms with Crippen molar-refractivity contribution in [1.82, 2.24) is 15.1 Å². The summed E-state index contributed by atoms with van der Waals surface area (Å²) < 4.78 is 7.38. The zero-order valence-electron chi connectivity index (χ0n) is 11.8. The second-order valence-corrected chi connectivity index (χ2v) is 4.83. The van der Waals surface area contributed by atoms with E-state index in [4.69, 9.17) is 4.74 Å². The molecule has 0 aliphatic carbocycles. The summed E-state index contributed by atoms with van der Waals surface area (Å²) >= 11 is 0. The fourth-order valence-electron chi connectivity index (χ4n) is 1.96. The maximum atomic E-state index is 5.38. The molecule has 4 nitrogen and oxygen atoms in total. The highest BCUT2D eigenvalue weighted by Gasteiger charge is 2.07. The first-order valence-electron chi connectivity index (χ1n) is 6.56. The highest BCUT2D eigenvalue weighted by molar-refractivity contribution is 5.33. The molecule has 0 aliphatic heterocycles. The number of para-hydroxylation sites is 1. The molecule has 102 valence electrons. The number of rotatable bonds is 6. The van der Waals surface area contributed by atoms with E-state index >= 15 is 0 Å². The number of nitrogens with one attached hydrogen (secondary N) is 1. The predicted molar refractivity (Wildman–Crippen MR) is 76.3 cm³/mol. The highest BCUT2D eigenvalue weighted by atomic mass is 16.5. The van der Waals surface area contributed by atoms with Gasteiger partial charge in [-0.05, 0) is 12.1 Å². The largest absolute Gasteiger partial charge is 0.496 e. The van der Waals surface area contributed by atoms with Gasteiger partial charge >= 0.3 is 0 Å². The minimum absolute atomic E-state index is 0.467. The summed E-state index contributed by atoms with van der Waals surface area (Å²) in [7, 11) is 1.70. The third kappa shape index (κ3) is 3.58. The van der Waals surface area contributed by atoms with Crippen LogP contribution in [0, 0.1) is 0 Å². The van der Waals surface area contributed by atoms with Crippen LogP contribution in [-0.2, 0) is 13.1 Å². The summed E-state index contributed by atoms with van der Waals surface area (Å²) in [6.07, 6.45) is 1.84. The monoisotopic (exact) mass is 259 g/mol. The Labute approximate surface area is 114 Å². The van der Waals surface area contributed by atoms with E-state index in [2.05, 4.69) is 30.3 Å². The molecule has 0 atom stereocenters. The molecule has 0 bridgehead atoms. The van der Waals surface area contributed by atoms with Gasteiger partial charge in [-0.15, -0.1) is 0 Å². The minimum Gasteiger partial charge on any atom is -0.496 e. The van der Waals surface area contributed by atoms with E-state index in [0.29, 0.717) is 6.04 Å². The van der Waals surface area contributed by atoms with Crippen LogP contribution in [-0.4, -0.2) is 22.9 Å². The van der Waals surface area contributed by atoms with Crippen molar-refractivity contribution >= 4 is 0 Å². The maximum absolute atomic E-state index is 5.38. The molecule has 2 aromatic rings. The molecule has 1 N–H and O–H groups in total. The van der Waals surface area contributed by atoms with Gasteiger partial charge in [0, 0.05) is 24.3 Å². The van der Waals surface area contributed by atoms with Crippen molar-refractivity contribution in [2.24, 2.45) is 0 Å². The second-order valence-electron chi connectivity index (χ2n) is 4.83. The van der Waals surface area contributed by atoms with Gasteiger partial charge < -0.3 is 10.1 Å². The number of hydrogen-bond donors (Lipinski definition) is 1. The standard InChI is InChI=1S/C15H21N3O/c1-12(2)16-10-14-8-9-17-18(14)11-13-6-4-5-7-15(13)19-3/h4-9,12,16H,10-11H2,1-3H3. The van der Waals surface area contributed by atoms with E-state index in [1.807, 2.05) is 35.1 Å². The van der Waals surface area contributed by atoms with E-state index in [0.717, 1.165) is 24.4 Å². The minimum atomic E-state index is 0.467. The molecule has 4 heteroatoms. The van der Waals surface area contributed by atoms with Gasteiger partial charge in [-0.2, -0.15) is 5.10 Å². The van der Waals surface area contributed by atoms with E-state index < -0.39 is 0 Å². The number of aromatic nitrogens is 2. The summed E-state index contributed by atoms with van der Waals surface area (Å²) in [6, 6.07) is 10.6. The van der Waals surface area contributed by atoms with Gasteiger partial charge in [-0.1, -0.05) is 32.0 Å². The second kappa shape index (κ2) is 6.38. The van der Waals surface area contributed by atoms with E-state index in [1.165, 1.54) is 5.69 Å². The molecule has 1 heterocycles. The smallest absolute Gasteiger partial charge is 0.123 e. The Bertz CT molecular complexity index is 520. The Morgan fingerprint density at radius 1 is 1.26 bits per heavy atom. The van der Waals surface area contributed by atoms with Crippen molar-refractivity contribution in [2.45, 2.75) is 33.0 Å². The van der Waals surface area contributed by atoms with E-state index in [-0.39, 0.29) is 0 Å². The lowest BCUT2D eigenvalue weighted by molar-refractivity contribution is 0.406. The number of ether oxygens (including phenoxy) is 1. The number of benzene rings is 1. The molecule has 0 fully saturated rings. The van der Waals surface area contributed by atoms with E-state index in [9.17, 15) is 0 Å². The molecule has 0 unspecified atom stereocenters. The van der Waals surface area contributed by atoms with Crippen LogP contribution in [0.2, 0.25) is 0 Å². The fraction of sp³-hybridized carbons (Fsp3) is 0.400. The van der Waals surface area contributed by atoms with Crippen molar-refractivity contribution < 1.29 is 4.74 Å². The number of methoxy groups -OCH3 is 1. The average Bonchev–Trinajstić information content (AvgIpc) is 2.84. The number of hydrogen-bond acceptors (Lipinski definition) is 3. The van der Waals surface area contributed by atoms with Crippen molar-refractivity contribution in [3.63, 3.8) is 0 Å². The van der Waals surface area contributed by atoms with Crippen LogP contribution in [0.25, 0.3) is 0 Å². The first-order chi connectivity index (χ1) is 9.20. The lowest BCUT2D eigenvalue weighted by atomic mass is 10.2. The topological polar surface area (TPSA) is 39.1 Å². The van der Waals surface area contributed by atoms with Crippen LogP contribution in [0.3, 0.4) is 0 Å². The van der Waals surface area contributed by atoms with Crippen molar-refractivity contribution in [3.05, 3.63) is 47.8 Å². The molecule has 0 spiro atoms. The Morgan fingerprint density at radius 2 is 2.05 bits per heavy atom. The molecule has 0 radical (unpaired) electrons. The normalized spacial score (nSPS) is 10.9. The third-order valence-corrected chi connectivity index (χ3v) is 3.01. The Morgan fingerprint density at radius 3 is 2.79 bits per heavy atom. The van der Waals surface area contributed by atoms with Crippen LogP contribution in [0.15, 0.2) is 36.5 Å². The molecule has 1 aromatic carbocycles. The molecular weight excluding hydrogens is 238 g/mol.